The number of hydrogen-bond acceptors (Lipinski definition) is 5. The summed E-state index contributed by atoms with van der Waals surface area (Å²) >= 11 is 0. The molecule has 0 saturated carbocycles. The number of benzene rings is 1. The van der Waals surface area contributed by atoms with E-state index in [9.17, 15) is 13.2 Å². The Hall–Kier alpha value is -2.51. The lowest BCUT2D eigenvalue weighted by atomic mass is 9.98. The van der Waals surface area contributed by atoms with E-state index in [0.717, 1.165) is 37.7 Å². The standard InChI is InChI=1S/C19H22F3N3O2/c1-13-11-23-18(26-2)17(24-13)25-9-7-14(8-10-25)12-27-16-6-4-3-5-15(16)19(20,21)22/h3-6,11,14H,7-10,12H2,1-2H3. The molecule has 0 radical (unpaired) electrons. The predicted molar refractivity (Wildman–Crippen MR) is 95.2 cm³/mol. The summed E-state index contributed by atoms with van der Waals surface area (Å²) in [5, 5.41) is 0. The van der Waals surface area contributed by atoms with Gasteiger partial charge in [-0.25, -0.2) is 9.97 Å². The van der Waals surface area contributed by atoms with Gasteiger partial charge in [-0.2, -0.15) is 13.2 Å². The number of aryl methyl sites for hydroxylation is 1. The van der Waals surface area contributed by atoms with E-state index in [0.29, 0.717) is 11.7 Å². The first-order chi connectivity index (χ1) is 12.9. The third kappa shape index (κ3) is 4.61. The van der Waals surface area contributed by atoms with E-state index in [2.05, 4.69) is 14.9 Å². The van der Waals surface area contributed by atoms with Gasteiger partial charge in [0.1, 0.15) is 5.75 Å². The molecular weight excluding hydrogens is 359 g/mol. The van der Waals surface area contributed by atoms with Crippen molar-refractivity contribution in [2.45, 2.75) is 25.9 Å². The number of aromatic nitrogens is 2. The quantitative estimate of drug-likeness (QED) is 0.780. The monoisotopic (exact) mass is 381 g/mol. The number of rotatable bonds is 5. The Morgan fingerprint density at radius 3 is 2.56 bits per heavy atom. The van der Waals surface area contributed by atoms with Crippen LogP contribution >= 0.6 is 0 Å². The number of nitrogens with zero attached hydrogens (tertiary/aromatic N) is 3. The van der Waals surface area contributed by atoms with Crippen LogP contribution in [0, 0.1) is 12.8 Å². The fourth-order valence-electron chi connectivity index (χ4n) is 3.15. The Balaban J connectivity index is 1.59. The summed E-state index contributed by atoms with van der Waals surface area (Å²) in [4.78, 5) is 10.8. The molecule has 1 saturated heterocycles. The molecule has 146 valence electrons. The van der Waals surface area contributed by atoms with Crippen molar-refractivity contribution in [3.8, 4) is 11.6 Å². The molecule has 3 rings (SSSR count). The molecule has 0 N–H and O–H groups in total. The number of anilines is 1. The number of para-hydroxylation sites is 1. The summed E-state index contributed by atoms with van der Waals surface area (Å²) in [7, 11) is 1.56. The number of halogens is 3. The summed E-state index contributed by atoms with van der Waals surface area (Å²) in [6.07, 6.45) is -1.17. The second-order valence-corrected chi connectivity index (χ2v) is 6.58. The zero-order valence-corrected chi connectivity index (χ0v) is 15.3. The first-order valence-electron chi connectivity index (χ1n) is 8.80. The van der Waals surface area contributed by atoms with Crippen LogP contribution in [0.25, 0.3) is 0 Å². The van der Waals surface area contributed by atoms with Crippen LogP contribution in [0.2, 0.25) is 0 Å². The molecule has 0 amide bonds. The molecule has 5 nitrogen and oxygen atoms in total. The molecule has 2 heterocycles. The normalized spacial score (nSPS) is 15.7. The SMILES string of the molecule is COc1ncc(C)nc1N1CCC(COc2ccccc2C(F)(F)F)CC1. The molecule has 27 heavy (non-hydrogen) atoms. The Labute approximate surface area is 156 Å². The van der Waals surface area contributed by atoms with Crippen LogP contribution < -0.4 is 14.4 Å². The Bertz CT molecular complexity index is 775. The third-order valence-electron chi connectivity index (χ3n) is 4.62. The number of ether oxygens (including phenoxy) is 2. The second kappa shape index (κ2) is 8.02. The molecule has 1 aromatic carbocycles. The van der Waals surface area contributed by atoms with Crippen molar-refractivity contribution in [2.24, 2.45) is 5.92 Å². The first-order valence-corrected chi connectivity index (χ1v) is 8.80. The topological polar surface area (TPSA) is 47.5 Å². The fraction of sp³-hybridized carbons (Fsp3) is 0.474. The Kier molecular flexibility index (Phi) is 5.72. The van der Waals surface area contributed by atoms with Crippen LogP contribution in [0.15, 0.2) is 30.5 Å². The Morgan fingerprint density at radius 2 is 1.89 bits per heavy atom. The highest BCUT2D eigenvalue weighted by atomic mass is 19.4. The molecule has 0 bridgehead atoms. The van der Waals surface area contributed by atoms with Gasteiger partial charge in [0, 0.05) is 13.1 Å². The molecule has 8 heteroatoms. The molecule has 0 spiro atoms. The second-order valence-electron chi connectivity index (χ2n) is 6.58. The van der Waals surface area contributed by atoms with Crippen molar-refractivity contribution in [1.82, 2.24) is 9.97 Å². The van der Waals surface area contributed by atoms with Gasteiger partial charge in [-0.05, 0) is 37.8 Å². The largest absolute Gasteiger partial charge is 0.493 e. The van der Waals surface area contributed by atoms with Gasteiger partial charge in [-0.3, -0.25) is 0 Å². The molecule has 1 aliphatic rings. The molecule has 0 unspecified atom stereocenters. The molecule has 1 fully saturated rings. The van der Waals surface area contributed by atoms with E-state index in [4.69, 9.17) is 9.47 Å². The molecule has 1 aliphatic heterocycles. The van der Waals surface area contributed by atoms with Gasteiger partial charge in [-0.1, -0.05) is 12.1 Å². The third-order valence-corrected chi connectivity index (χ3v) is 4.62. The first kappa shape index (κ1) is 19.3. The highest BCUT2D eigenvalue weighted by Crippen LogP contribution is 2.36. The summed E-state index contributed by atoms with van der Waals surface area (Å²) in [6, 6.07) is 5.33. The van der Waals surface area contributed by atoms with Crippen LogP contribution in [-0.2, 0) is 6.18 Å². The summed E-state index contributed by atoms with van der Waals surface area (Å²) in [5.41, 5.74) is 0.0715. The highest BCUT2D eigenvalue weighted by Gasteiger charge is 2.34. The fourth-order valence-corrected chi connectivity index (χ4v) is 3.15. The molecular formula is C19H22F3N3O2. The van der Waals surface area contributed by atoms with Crippen molar-refractivity contribution in [3.05, 3.63) is 41.7 Å². The lowest BCUT2D eigenvalue weighted by Crippen LogP contribution is -2.36. The minimum atomic E-state index is -4.42. The van der Waals surface area contributed by atoms with Gasteiger partial charge in [0.05, 0.1) is 31.2 Å². The minimum Gasteiger partial charge on any atom is -0.493 e. The smallest absolute Gasteiger partial charge is 0.419 e. The zero-order chi connectivity index (χ0) is 19.4. The molecule has 1 aromatic heterocycles. The summed E-state index contributed by atoms with van der Waals surface area (Å²) in [5.74, 6) is 1.26. The average Bonchev–Trinajstić information content (AvgIpc) is 2.66. The zero-order valence-electron chi connectivity index (χ0n) is 15.3. The van der Waals surface area contributed by atoms with Crippen LogP contribution in [0.1, 0.15) is 24.1 Å². The van der Waals surface area contributed by atoms with Crippen molar-refractivity contribution in [2.75, 3.05) is 31.7 Å². The van der Waals surface area contributed by atoms with Gasteiger partial charge < -0.3 is 14.4 Å². The number of alkyl halides is 3. The summed E-state index contributed by atoms with van der Waals surface area (Å²) < 4.78 is 49.9. The number of methoxy groups -OCH3 is 1. The maximum absolute atomic E-state index is 13.0. The summed E-state index contributed by atoms with van der Waals surface area (Å²) in [6.45, 7) is 3.58. The van der Waals surface area contributed by atoms with Crippen molar-refractivity contribution >= 4 is 5.82 Å². The van der Waals surface area contributed by atoms with Gasteiger partial charge in [-0.15, -0.1) is 0 Å². The molecule has 0 atom stereocenters. The van der Waals surface area contributed by atoms with Crippen LogP contribution in [0.4, 0.5) is 19.0 Å². The van der Waals surface area contributed by atoms with Crippen LogP contribution in [0.3, 0.4) is 0 Å². The van der Waals surface area contributed by atoms with E-state index < -0.39 is 11.7 Å². The predicted octanol–water partition coefficient (Wildman–Crippen LogP) is 4.11. The number of piperidine rings is 1. The van der Waals surface area contributed by atoms with Crippen molar-refractivity contribution in [3.63, 3.8) is 0 Å². The minimum absolute atomic E-state index is 0.112. The average molecular weight is 381 g/mol. The van der Waals surface area contributed by atoms with Crippen LogP contribution in [-0.4, -0.2) is 36.8 Å². The van der Waals surface area contributed by atoms with Crippen molar-refractivity contribution < 1.29 is 22.6 Å². The number of hydrogen-bond donors (Lipinski definition) is 0. The van der Waals surface area contributed by atoms with E-state index in [1.54, 1.807) is 19.4 Å². The van der Waals surface area contributed by atoms with Gasteiger partial charge in [0.15, 0.2) is 5.82 Å². The Morgan fingerprint density at radius 1 is 1.19 bits per heavy atom. The van der Waals surface area contributed by atoms with Gasteiger partial charge in [0.25, 0.3) is 5.88 Å². The highest BCUT2D eigenvalue weighted by molar-refractivity contribution is 5.49. The van der Waals surface area contributed by atoms with Crippen LogP contribution in [0.5, 0.6) is 11.6 Å². The molecule has 2 aromatic rings. The van der Waals surface area contributed by atoms with Gasteiger partial charge in [0.2, 0.25) is 0 Å². The maximum atomic E-state index is 13.0. The van der Waals surface area contributed by atoms with E-state index in [1.165, 1.54) is 12.1 Å². The lowest BCUT2D eigenvalue weighted by molar-refractivity contribution is -0.139. The van der Waals surface area contributed by atoms with E-state index >= 15 is 0 Å². The van der Waals surface area contributed by atoms with E-state index in [1.807, 2.05) is 6.92 Å². The van der Waals surface area contributed by atoms with E-state index in [-0.39, 0.29) is 18.3 Å². The lowest BCUT2D eigenvalue weighted by Gasteiger charge is -2.33. The van der Waals surface area contributed by atoms with Crippen molar-refractivity contribution in [1.29, 1.82) is 0 Å². The maximum Gasteiger partial charge on any atom is 0.419 e. The molecule has 0 aliphatic carbocycles. The van der Waals surface area contributed by atoms with Gasteiger partial charge >= 0.3 is 6.18 Å².